The minimum Gasteiger partial charge on any atom is -0.453 e. The molecule has 2 unspecified atom stereocenters. The lowest BCUT2D eigenvalue weighted by molar-refractivity contribution is -0.140. The van der Waals surface area contributed by atoms with Gasteiger partial charge in [-0.25, -0.2) is 13.6 Å². The van der Waals surface area contributed by atoms with Crippen LogP contribution in [0.3, 0.4) is 0 Å². The van der Waals surface area contributed by atoms with Crippen molar-refractivity contribution in [3.8, 4) is 0 Å². The van der Waals surface area contributed by atoms with E-state index in [1.807, 2.05) is 6.07 Å². The summed E-state index contributed by atoms with van der Waals surface area (Å²) in [5.74, 6) is -3.84. The minimum atomic E-state index is -2.77. The van der Waals surface area contributed by atoms with Gasteiger partial charge in [0.2, 0.25) is 5.91 Å². The van der Waals surface area contributed by atoms with E-state index in [1.54, 1.807) is 29.2 Å². The van der Waals surface area contributed by atoms with Crippen LogP contribution in [-0.4, -0.2) is 49.1 Å². The zero-order valence-corrected chi connectivity index (χ0v) is 14.6. The van der Waals surface area contributed by atoms with Gasteiger partial charge in [-0.15, -0.1) is 0 Å². The Morgan fingerprint density at radius 1 is 1.23 bits per heavy atom. The Morgan fingerprint density at radius 2 is 1.92 bits per heavy atom. The number of halogens is 2. The van der Waals surface area contributed by atoms with Gasteiger partial charge < -0.3 is 15.0 Å². The molecule has 4 rings (SSSR count). The molecular formula is C19H22F2N2O3. The fraction of sp³-hybridized carbons (Fsp3) is 0.579. The molecule has 26 heavy (non-hydrogen) atoms. The first-order chi connectivity index (χ1) is 12.4. The molecule has 1 aliphatic heterocycles. The molecule has 7 heteroatoms. The molecule has 0 aromatic heterocycles. The topological polar surface area (TPSA) is 58.6 Å². The third-order valence-corrected chi connectivity index (χ3v) is 6.32. The number of hydrogen-bond donors (Lipinski definition) is 1. The molecule has 1 saturated heterocycles. The quantitative estimate of drug-likeness (QED) is 0.897. The molecule has 1 heterocycles. The van der Waals surface area contributed by atoms with E-state index in [-0.39, 0.29) is 30.8 Å². The second kappa shape index (κ2) is 5.93. The molecule has 3 fully saturated rings. The van der Waals surface area contributed by atoms with Gasteiger partial charge in [-0.05, 0) is 24.8 Å². The fourth-order valence-electron chi connectivity index (χ4n) is 4.66. The highest BCUT2D eigenvalue weighted by atomic mass is 19.3. The number of piperidine rings is 1. The van der Waals surface area contributed by atoms with Gasteiger partial charge in [0.05, 0.1) is 18.4 Å². The van der Waals surface area contributed by atoms with Crippen molar-refractivity contribution in [2.24, 2.45) is 11.8 Å². The van der Waals surface area contributed by atoms with Crippen molar-refractivity contribution in [3.05, 3.63) is 35.9 Å². The molecule has 0 bridgehead atoms. The van der Waals surface area contributed by atoms with Crippen LogP contribution in [0.25, 0.3) is 0 Å². The van der Waals surface area contributed by atoms with Crippen LogP contribution < -0.4 is 5.32 Å². The number of hydrogen-bond acceptors (Lipinski definition) is 3. The molecule has 2 saturated carbocycles. The average molecular weight is 364 g/mol. The van der Waals surface area contributed by atoms with Crippen molar-refractivity contribution >= 4 is 12.0 Å². The lowest BCUT2D eigenvalue weighted by Gasteiger charge is -2.39. The first-order valence-electron chi connectivity index (χ1n) is 8.96. The molecule has 0 radical (unpaired) electrons. The summed E-state index contributed by atoms with van der Waals surface area (Å²) in [6, 6.07) is 8.85. The van der Waals surface area contributed by atoms with Gasteiger partial charge in [-0.3, -0.25) is 4.79 Å². The number of methoxy groups -OCH3 is 1. The van der Waals surface area contributed by atoms with Crippen molar-refractivity contribution in [2.45, 2.75) is 36.6 Å². The molecule has 1 aromatic carbocycles. The first-order valence-corrected chi connectivity index (χ1v) is 8.96. The Labute approximate surface area is 150 Å². The summed E-state index contributed by atoms with van der Waals surface area (Å²) in [7, 11) is 1.29. The lowest BCUT2D eigenvalue weighted by Crippen LogP contribution is -2.52. The summed E-state index contributed by atoms with van der Waals surface area (Å²) in [5, 5.41) is 2.66. The second-order valence-corrected chi connectivity index (χ2v) is 7.55. The Bertz CT molecular complexity index is 721. The van der Waals surface area contributed by atoms with E-state index in [0.29, 0.717) is 24.9 Å². The Morgan fingerprint density at radius 3 is 2.54 bits per heavy atom. The van der Waals surface area contributed by atoms with Gasteiger partial charge in [0.15, 0.2) is 0 Å². The van der Waals surface area contributed by atoms with Crippen LogP contribution in [0.5, 0.6) is 0 Å². The van der Waals surface area contributed by atoms with Gasteiger partial charge in [0, 0.05) is 25.0 Å². The van der Waals surface area contributed by atoms with E-state index in [4.69, 9.17) is 0 Å². The van der Waals surface area contributed by atoms with Crippen molar-refractivity contribution in [1.82, 2.24) is 10.2 Å². The van der Waals surface area contributed by atoms with Gasteiger partial charge in [0.25, 0.3) is 5.92 Å². The molecule has 2 aliphatic carbocycles. The third kappa shape index (κ3) is 2.40. The Balaban J connectivity index is 1.38. The molecule has 2 amide bonds. The lowest BCUT2D eigenvalue weighted by atomic mass is 9.78. The fourth-order valence-corrected chi connectivity index (χ4v) is 4.66. The summed E-state index contributed by atoms with van der Waals surface area (Å²) >= 11 is 0. The van der Waals surface area contributed by atoms with Gasteiger partial charge in [-0.2, -0.15) is 0 Å². The number of amides is 2. The van der Waals surface area contributed by atoms with E-state index in [9.17, 15) is 18.4 Å². The van der Waals surface area contributed by atoms with Crippen LogP contribution in [0.4, 0.5) is 13.6 Å². The normalized spacial score (nSPS) is 34.3. The summed E-state index contributed by atoms with van der Waals surface area (Å²) < 4.78 is 33.8. The number of benzene rings is 1. The number of carbonyl (C=O) groups excluding carboxylic acids is 2. The van der Waals surface area contributed by atoms with E-state index in [2.05, 4.69) is 10.1 Å². The first kappa shape index (κ1) is 17.2. The highest BCUT2D eigenvalue weighted by Gasteiger charge is 2.81. The van der Waals surface area contributed by atoms with Crippen molar-refractivity contribution in [2.75, 3.05) is 20.2 Å². The van der Waals surface area contributed by atoms with Crippen molar-refractivity contribution in [1.29, 1.82) is 0 Å². The van der Waals surface area contributed by atoms with Crippen LogP contribution in [0.2, 0.25) is 0 Å². The number of ether oxygens (including phenoxy) is 1. The molecule has 1 aromatic rings. The molecule has 5 nitrogen and oxygen atoms in total. The van der Waals surface area contributed by atoms with Crippen molar-refractivity contribution in [3.63, 3.8) is 0 Å². The number of nitrogens with zero attached hydrogens (tertiary/aromatic N) is 1. The number of carbonyl (C=O) groups is 2. The zero-order chi connectivity index (χ0) is 18.5. The van der Waals surface area contributed by atoms with Crippen LogP contribution in [0.15, 0.2) is 30.3 Å². The molecular weight excluding hydrogens is 342 g/mol. The number of likely N-dealkylation sites (tertiary alicyclic amines) is 1. The monoisotopic (exact) mass is 364 g/mol. The third-order valence-electron chi connectivity index (χ3n) is 6.32. The molecule has 2 atom stereocenters. The van der Waals surface area contributed by atoms with E-state index in [0.717, 1.165) is 0 Å². The standard InChI is InChI=1S/C19H22F2N2O3/c1-26-17(25)22-14-9-12(10-14)16(24)23-8-7-18(13-5-3-2-4-6-13)15(11-23)19(18,20)21/h2-6,12,14-15H,7-11H2,1H3,(H,22,25). The van der Waals surface area contributed by atoms with Crippen molar-refractivity contribution < 1.29 is 23.1 Å². The van der Waals surface area contributed by atoms with E-state index in [1.165, 1.54) is 7.11 Å². The molecule has 0 spiro atoms. The average Bonchev–Trinajstić information content (AvgIpc) is 3.14. The van der Waals surface area contributed by atoms with Gasteiger partial charge in [0.1, 0.15) is 0 Å². The highest BCUT2D eigenvalue weighted by Crippen LogP contribution is 2.70. The molecule has 140 valence electrons. The number of alkyl carbamates (subject to hydrolysis) is 1. The number of fused-ring (bicyclic) bond motifs is 1. The zero-order valence-electron chi connectivity index (χ0n) is 14.6. The number of rotatable bonds is 3. The van der Waals surface area contributed by atoms with Crippen LogP contribution >= 0.6 is 0 Å². The van der Waals surface area contributed by atoms with E-state index < -0.39 is 23.3 Å². The Kier molecular flexibility index (Phi) is 3.93. The largest absolute Gasteiger partial charge is 0.453 e. The molecule has 1 N–H and O–H groups in total. The number of nitrogens with one attached hydrogen (secondary N) is 1. The predicted octanol–water partition coefficient (Wildman–Crippen LogP) is 2.56. The highest BCUT2D eigenvalue weighted by molar-refractivity contribution is 5.81. The maximum atomic E-state index is 14.6. The predicted molar refractivity (Wildman–Crippen MR) is 89.8 cm³/mol. The number of alkyl halides is 2. The van der Waals surface area contributed by atoms with Crippen LogP contribution in [0.1, 0.15) is 24.8 Å². The maximum Gasteiger partial charge on any atom is 0.407 e. The second-order valence-electron chi connectivity index (χ2n) is 7.55. The SMILES string of the molecule is COC(=O)NC1CC(C(=O)N2CCC3(c4ccccc4)C(C2)C3(F)F)C1. The van der Waals surface area contributed by atoms with Gasteiger partial charge in [-0.1, -0.05) is 30.3 Å². The summed E-state index contributed by atoms with van der Waals surface area (Å²) in [6.07, 6.45) is 0.853. The van der Waals surface area contributed by atoms with E-state index >= 15 is 0 Å². The summed E-state index contributed by atoms with van der Waals surface area (Å²) in [6.45, 7) is 0.456. The van der Waals surface area contributed by atoms with Crippen LogP contribution in [-0.2, 0) is 14.9 Å². The summed E-state index contributed by atoms with van der Waals surface area (Å²) in [4.78, 5) is 25.4. The van der Waals surface area contributed by atoms with Gasteiger partial charge >= 0.3 is 6.09 Å². The molecule has 3 aliphatic rings. The Hall–Kier alpha value is -2.18. The smallest absolute Gasteiger partial charge is 0.407 e. The van der Waals surface area contributed by atoms with Crippen LogP contribution in [0, 0.1) is 11.8 Å². The minimum absolute atomic E-state index is 0.0720. The summed E-state index contributed by atoms with van der Waals surface area (Å²) in [5.41, 5.74) is -0.437. The maximum absolute atomic E-state index is 14.6.